The number of hydrogen-bond acceptors (Lipinski definition) is 3. The zero-order chi connectivity index (χ0) is 18.6. The van der Waals surface area contributed by atoms with Crippen LogP contribution in [0.25, 0.3) is 0 Å². The zero-order valence-corrected chi connectivity index (χ0v) is 16.5. The van der Waals surface area contributed by atoms with Crippen molar-refractivity contribution in [3.05, 3.63) is 65.2 Å². The van der Waals surface area contributed by atoms with Crippen molar-refractivity contribution in [2.24, 2.45) is 5.73 Å². The number of carbonyl (C=O) groups excluding carboxylic acids is 2. The first-order chi connectivity index (χ1) is 11.7. The van der Waals surface area contributed by atoms with Crippen molar-refractivity contribution in [3.63, 3.8) is 0 Å². The minimum Gasteiger partial charge on any atom is -0.366 e. The van der Waals surface area contributed by atoms with Gasteiger partial charge < -0.3 is 11.1 Å². The SMILES string of the molecule is CC(C)(C)c1ccc(C(=O)NC(=S)Nc2ccc(C(N)=O)cc2)cc1.Cl. The number of halogens is 1. The number of carbonyl (C=O) groups is 2. The average Bonchev–Trinajstić information content (AvgIpc) is 2.54. The van der Waals surface area contributed by atoms with E-state index >= 15 is 0 Å². The molecule has 0 aliphatic rings. The van der Waals surface area contributed by atoms with E-state index in [1.807, 2.05) is 12.1 Å². The summed E-state index contributed by atoms with van der Waals surface area (Å²) < 4.78 is 0. The zero-order valence-electron chi connectivity index (χ0n) is 14.8. The van der Waals surface area contributed by atoms with Crippen LogP contribution < -0.4 is 16.4 Å². The molecule has 0 saturated heterocycles. The third kappa shape index (κ3) is 5.82. The summed E-state index contributed by atoms with van der Waals surface area (Å²) in [5, 5.41) is 5.70. The van der Waals surface area contributed by atoms with Crippen LogP contribution in [0.2, 0.25) is 0 Å². The lowest BCUT2D eigenvalue weighted by Crippen LogP contribution is -2.34. The Labute approximate surface area is 164 Å². The molecule has 2 aromatic rings. The van der Waals surface area contributed by atoms with Crippen LogP contribution in [0.15, 0.2) is 48.5 Å². The van der Waals surface area contributed by atoms with Crippen molar-refractivity contribution in [1.82, 2.24) is 5.32 Å². The van der Waals surface area contributed by atoms with Gasteiger partial charge in [-0.05, 0) is 59.6 Å². The summed E-state index contributed by atoms with van der Waals surface area (Å²) in [7, 11) is 0. The first kappa shape index (κ1) is 21.6. The van der Waals surface area contributed by atoms with Gasteiger partial charge in [-0.15, -0.1) is 12.4 Å². The van der Waals surface area contributed by atoms with Gasteiger partial charge in [-0.1, -0.05) is 32.9 Å². The van der Waals surface area contributed by atoms with Crippen LogP contribution in [0, 0.1) is 0 Å². The molecule has 0 fully saturated rings. The summed E-state index contributed by atoms with van der Waals surface area (Å²) in [5.41, 5.74) is 7.96. The normalized spacial score (nSPS) is 10.4. The van der Waals surface area contributed by atoms with E-state index in [2.05, 4.69) is 31.4 Å². The average molecular weight is 392 g/mol. The number of rotatable bonds is 3. The van der Waals surface area contributed by atoms with Gasteiger partial charge in [-0.2, -0.15) is 0 Å². The summed E-state index contributed by atoms with van der Waals surface area (Å²) in [6.45, 7) is 6.35. The van der Waals surface area contributed by atoms with E-state index in [9.17, 15) is 9.59 Å². The van der Waals surface area contributed by atoms with Gasteiger partial charge in [0.25, 0.3) is 5.91 Å². The van der Waals surface area contributed by atoms with Crippen LogP contribution in [-0.2, 0) is 5.41 Å². The highest BCUT2D eigenvalue weighted by Crippen LogP contribution is 2.22. The van der Waals surface area contributed by atoms with Crippen molar-refractivity contribution in [2.45, 2.75) is 26.2 Å². The molecule has 2 rings (SSSR count). The van der Waals surface area contributed by atoms with Gasteiger partial charge in [0.2, 0.25) is 5.91 Å². The second kappa shape index (κ2) is 8.78. The summed E-state index contributed by atoms with van der Waals surface area (Å²) in [6, 6.07) is 13.9. The van der Waals surface area contributed by atoms with Crippen LogP contribution in [0.3, 0.4) is 0 Å². The minimum atomic E-state index is -0.499. The van der Waals surface area contributed by atoms with Gasteiger partial charge in [-0.3, -0.25) is 14.9 Å². The molecule has 26 heavy (non-hydrogen) atoms. The van der Waals surface area contributed by atoms with E-state index in [1.54, 1.807) is 36.4 Å². The molecule has 0 atom stereocenters. The molecule has 2 aromatic carbocycles. The molecule has 0 aromatic heterocycles. The molecule has 138 valence electrons. The lowest BCUT2D eigenvalue weighted by atomic mass is 9.87. The Bertz CT molecular complexity index is 797. The highest BCUT2D eigenvalue weighted by molar-refractivity contribution is 7.80. The van der Waals surface area contributed by atoms with Gasteiger partial charge in [0.15, 0.2) is 5.11 Å². The highest BCUT2D eigenvalue weighted by atomic mass is 35.5. The Balaban J connectivity index is 0.00000338. The Morgan fingerprint density at radius 2 is 1.42 bits per heavy atom. The van der Waals surface area contributed by atoms with E-state index < -0.39 is 5.91 Å². The monoisotopic (exact) mass is 391 g/mol. The van der Waals surface area contributed by atoms with E-state index in [1.165, 1.54) is 0 Å². The van der Waals surface area contributed by atoms with Crippen LogP contribution in [-0.4, -0.2) is 16.9 Å². The third-order valence-corrected chi connectivity index (χ3v) is 3.87. The summed E-state index contributed by atoms with van der Waals surface area (Å²) in [5.74, 6) is -0.784. The predicted molar refractivity (Wildman–Crippen MR) is 111 cm³/mol. The molecular weight excluding hydrogens is 370 g/mol. The number of benzene rings is 2. The Morgan fingerprint density at radius 1 is 0.923 bits per heavy atom. The molecule has 0 bridgehead atoms. The maximum atomic E-state index is 12.2. The van der Waals surface area contributed by atoms with Crippen LogP contribution in [0.5, 0.6) is 0 Å². The van der Waals surface area contributed by atoms with Crippen molar-refractivity contribution < 1.29 is 9.59 Å². The molecule has 0 heterocycles. The fraction of sp³-hybridized carbons (Fsp3) is 0.211. The van der Waals surface area contributed by atoms with Gasteiger partial charge in [-0.25, -0.2) is 0 Å². The minimum absolute atomic E-state index is 0. The second-order valence-corrected chi connectivity index (χ2v) is 7.09. The number of anilines is 1. The number of amides is 2. The van der Waals surface area contributed by atoms with E-state index in [0.29, 0.717) is 16.8 Å². The maximum absolute atomic E-state index is 12.2. The number of primary amides is 1. The smallest absolute Gasteiger partial charge is 0.257 e. The molecule has 0 unspecified atom stereocenters. The lowest BCUT2D eigenvalue weighted by Gasteiger charge is -2.19. The van der Waals surface area contributed by atoms with Crippen molar-refractivity contribution in [3.8, 4) is 0 Å². The number of thiocarbonyl (C=S) groups is 1. The van der Waals surface area contributed by atoms with Crippen LogP contribution in [0.4, 0.5) is 5.69 Å². The van der Waals surface area contributed by atoms with Gasteiger partial charge in [0, 0.05) is 16.8 Å². The molecular formula is C19H22ClN3O2S. The molecule has 4 N–H and O–H groups in total. The molecule has 7 heteroatoms. The first-order valence-electron chi connectivity index (χ1n) is 7.79. The molecule has 2 amide bonds. The van der Waals surface area contributed by atoms with Gasteiger partial charge >= 0.3 is 0 Å². The summed E-state index contributed by atoms with van der Waals surface area (Å²) in [6.07, 6.45) is 0. The summed E-state index contributed by atoms with van der Waals surface area (Å²) in [4.78, 5) is 23.3. The van der Waals surface area contributed by atoms with Crippen molar-refractivity contribution in [1.29, 1.82) is 0 Å². The standard InChI is InChI=1S/C19H21N3O2S.ClH/c1-19(2,3)14-8-4-13(5-9-14)17(24)22-18(25)21-15-10-6-12(7-11-15)16(20)23;/h4-11H,1-3H3,(H2,20,23)(H2,21,22,24,25);1H. The number of nitrogens with two attached hydrogens (primary N) is 1. The van der Waals surface area contributed by atoms with E-state index in [0.717, 1.165) is 5.56 Å². The van der Waals surface area contributed by atoms with E-state index in [-0.39, 0.29) is 28.8 Å². The molecule has 0 spiro atoms. The Morgan fingerprint density at radius 3 is 1.88 bits per heavy atom. The Kier molecular flexibility index (Phi) is 7.29. The van der Waals surface area contributed by atoms with Crippen LogP contribution in [0.1, 0.15) is 47.1 Å². The van der Waals surface area contributed by atoms with Crippen molar-refractivity contribution in [2.75, 3.05) is 5.32 Å². The number of nitrogens with one attached hydrogen (secondary N) is 2. The molecule has 0 aliphatic carbocycles. The predicted octanol–water partition coefficient (Wildman–Crippen LogP) is 3.63. The highest BCUT2D eigenvalue weighted by Gasteiger charge is 2.14. The topological polar surface area (TPSA) is 84.2 Å². The van der Waals surface area contributed by atoms with Crippen molar-refractivity contribution >= 4 is 47.2 Å². The fourth-order valence-corrected chi connectivity index (χ4v) is 2.39. The molecule has 5 nitrogen and oxygen atoms in total. The lowest BCUT2D eigenvalue weighted by molar-refractivity contribution is 0.0975. The van der Waals surface area contributed by atoms with Gasteiger partial charge in [0.1, 0.15) is 0 Å². The Hall–Kier alpha value is -2.44. The van der Waals surface area contributed by atoms with Crippen LogP contribution >= 0.6 is 24.6 Å². The van der Waals surface area contributed by atoms with E-state index in [4.69, 9.17) is 18.0 Å². The summed E-state index contributed by atoms with van der Waals surface area (Å²) >= 11 is 5.15. The largest absolute Gasteiger partial charge is 0.366 e. The molecule has 0 aliphatic heterocycles. The maximum Gasteiger partial charge on any atom is 0.257 e. The molecule has 0 saturated carbocycles. The van der Waals surface area contributed by atoms with Gasteiger partial charge in [0.05, 0.1) is 0 Å². The third-order valence-electron chi connectivity index (χ3n) is 3.67. The second-order valence-electron chi connectivity index (χ2n) is 6.68. The molecule has 0 radical (unpaired) electrons. The first-order valence-corrected chi connectivity index (χ1v) is 8.20. The quantitative estimate of drug-likeness (QED) is 0.697. The number of hydrogen-bond donors (Lipinski definition) is 3. The fourth-order valence-electron chi connectivity index (χ4n) is 2.18.